The number of rotatable bonds is 7. The number of carbonyl (C=O) groups excluding carboxylic acids is 2. The van der Waals surface area contributed by atoms with E-state index < -0.39 is 21.9 Å². The smallest absolute Gasteiger partial charge is 0.338 e. The van der Waals surface area contributed by atoms with Gasteiger partial charge < -0.3 is 10.1 Å². The van der Waals surface area contributed by atoms with E-state index in [-0.39, 0.29) is 17.1 Å². The molecule has 0 heterocycles. The first-order chi connectivity index (χ1) is 15.6. The Morgan fingerprint density at radius 3 is 2.03 bits per heavy atom. The highest BCUT2D eigenvalue weighted by molar-refractivity contribution is 7.92. The molecule has 172 valence electrons. The summed E-state index contributed by atoms with van der Waals surface area (Å²) < 4.78 is 33.6. The normalized spacial score (nSPS) is 11.0. The fraction of sp³-hybridized carbons (Fsp3) is 0.200. The molecule has 0 atom stereocenters. The van der Waals surface area contributed by atoms with Gasteiger partial charge in [0.1, 0.15) is 0 Å². The summed E-state index contributed by atoms with van der Waals surface area (Å²) in [4.78, 5) is 24.5. The van der Waals surface area contributed by atoms with Crippen molar-refractivity contribution in [2.24, 2.45) is 0 Å². The minimum absolute atomic E-state index is 0.0203. The molecule has 0 unspecified atom stereocenters. The first kappa shape index (κ1) is 24.0. The lowest BCUT2D eigenvalue weighted by Gasteiger charge is -2.13. The zero-order chi connectivity index (χ0) is 24.2. The Kier molecular flexibility index (Phi) is 7.18. The molecule has 0 saturated carbocycles. The van der Waals surface area contributed by atoms with Crippen molar-refractivity contribution in [1.82, 2.24) is 0 Å². The molecule has 33 heavy (non-hydrogen) atoms. The third kappa shape index (κ3) is 5.98. The van der Waals surface area contributed by atoms with Crippen LogP contribution in [0.25, 0.3) is 0 Å². The van der Waals surface area contributed by atoms with Gasteiger partial charge in [0.2, 0.25) is 0 Å². The average molecular weight is 467 g/mol. The third-order valence-electron chi connectivity index (χ3n) is 4.87. The first-order valence-electron chi connectivity index (χ1n) is 10.4. The summed E-state index contributed by atoms with van der Waals surface area (Å²) in [7, 11) is -3.91. The summed E-state index contributed by atoms with van der Waals surface area (Å²) in [6.07, 6.45) is 0. The van der Waals surface area contributed by atoms with Gasteiger partial charge in [-0.05, 0) is 92.9 Å². The van der Waals surface area contributed by atoms with E-state index in [1.165, 1.54) is 6.07 Å². The van der Waals surface area contributed by atoms with Crippen LogP contribution in [0.4, 0.5) is 11.4 Å². The molecular weight excluding hydrogens is 440 g/mol. The summed E-state index contributed by atoms with van der Waals surface area (Å²) >= 11 is 0. The van der Waals surface area contributed by atoms with Gasteiger partial charge in [-0.3, -0.25) is 9.52 Å². The molecule has 3 aromatic carbocycles. The number of amides is 1. The molecule has 2 N–H and O–H groups in total. The van der Waals surface area contributed by atoms with Crippen molar-refractivity contribution in [3.63, 3.8) is 0 Å². The number of anilines is 2. The third-order valence-corrected chi connectivity index (χ3v) is 6.39. The zero-order valence-corrected chi connectivity index (χ0v) is 19.7. The predicted octanol–water partition coefficient (Wildman–Crippen LogP) is 4.84. The van der Waals surface area contributed by atoms with E-state index in [9.17, 15) is 18.0 Å². The van der Waals surface area contributed by atoms with Gasteiger partial charge in [0.25, 0.3) is 15.9 Å². The Morgan fingerprint density at radius 1 is 0.818 bits per heavy atom. The van der Waals surface area contributed by atoms with E-state index in [2.05, 4.69) is 10.0 Å². The number of ether oxygens (including phenoxy) is 1. The molecule has 8 heteroatoms. The van der Waals surface area contributed by atoms with Crippen LogP contribution in [0.5, 0.6) is 0 Å². The number of esters is 1. The molecule has 3 rings (SSSR count). The number of sulfonamides is 1. The number of carbonyl (C=O) groups is 2. The average Bonchev–Trinajstić information content (AvgIpc) is 2.73. The quantitative estimate of drug-likeness (QED) is 0.485. The van der Waals surface area contributed by atoms with Crippen LogP contribution in [-0.2, 0) is 14.8 Å². The fourth-order valence-corrected chi connectivity index (χ4v) is 4.69. The van der Waals surface area contributed by atoms with Crippen molar-refractivity contribution in [2.45, 2.75) is 32.6 Å². The lowest BCUT2D eigenvalue weighted by Crippen LogP contribution is -2.17. The standard InChI is InChI=1S/C25H26N2O5S/c1-5-32-25(29)19-8-10-21(11-9-19)26-24(28)20-7-6-18(4)23(15-20)33(30,31)27-22-13-16(2)12-17(3)14-22/h6-15,27H,5H2,1-4H3,(H,26,28). The van der Waals surface area contributed by atoms with Gasteiger partial charge in [0.05, 0.1) is 17.1 Å². The van der Waals surface area contributed by atoms with Gasteiger partial charge in [-0.25, -0.2) is 13.2 Å². The monoisotopic (exact) mass is 466 g/mol. The molecule has 1 amide bonds. The van der Waals surface area contributed by atoms with Crippen molar-refractivity contribution in [1.29, 1.82) is 0 Å². The van der Waals surface area contributed by atoms with E-state index in [0.717, 1.165) is 11.1 Å². The molecule has 0 radical (unpaired) electrons. The lowest BCUT2D eigenvalue weighted by molar-refractivity contribution is 0.0526. The van der Waals surface area contributed by atoms with Crippen LogP contribution in [0, 0.1) is 20.8 Å². The van der Waals surface area contributed by atoms with Gasteiger partial charge in [0.15, 0.2) is 0 Å². The Labute approximate surface area is 193 Å². The van der Waals surface area contributed by atoms with E-state index >= 15 is 0 Å². The van der Waals surface area contributed by atoms with Crippen molar-refractivity contribution in [3.8, 4) is 0 Å². The van der Waals surface area contributed by atoms with E-state index in [0.29, 0.717) is 22.5 Å². The summed E-state index contributed by atoms with van der Waals surface area (Å²) in [5.74, 6) is -0.915. The SMILES string of the molecule is CCOC(=O)c1ccc(NC(=O)c2ccc(C)c(S(=O)(=O)Nc3cc(C)cc(C)c3)c2)cc1. The second-order valence-corrected chi connectivity index (χ2v) is 9.36. The molecule has 0 spiro atoms. The van der Waals surface area contributed by atoms with Crippen LogP contribution in [0.15, 0.2) is 65.6 Å². The van der Waals surface area contributed by atoms with Gasteiger partial charge in [-0.2, -0.15) is 0 Å². The summed E-state index contributed by atoms with van der Waals surface area (Å²) in [5, 5.41) is 2.71. The number of hydrogen-bond acceptors (Lipinski definition) is 5. The second kappa shape index (κ2) is 9.87. The van der Waals surface area contributed by atoms with E-state index in [1.54, 1.807) is 62.4 Å². The van der Waals surface area contributed by atoms with Crippen LogP contribution < -0.4 is 10.0 Å². The maximum Gasteiger partial charge on any atom is 0.338 e. The Bertz CT molecular complexity index is 1280. The Hall–Kier alpha value is -3.65. The second-order valence-electron chi connectivity index (χ2n) is 7.71. The zero-order valence-electron chi connectivity index (χ0n) is 18.9. The number of aryl methyl sites for hydroxylation is 3. The lowest BCUT2D eigenvalue weighted by atomic mass is 10.1. The molecule has 0 bridgehead atoms. The van der Waals surface area contributed by atoms with Crippen molar-refractivity contribution in [2.75, 3.05) is 16.6 Å². The molecule has 0 aliphatic heterocycles. The number of nitrogens with one attached hydrogen (secondary N) is 2. The molecule has 3 aromatic rings. The van der Waals surface area contributed by atoms with Crippen molar-refractivity contribution in [3.05, 3.63) is 88.5 Å². The summed E-state index contributed by atoms with van der Waals surface area (Å²) in [6.45, 7) is 7.45. The molecule has 0 aliphatic carbocycles. The topological polar surface area (TPSA) is 102 Å². The molecule has 7 nitrogen and oxygen atoms in total. The highest BCUT2D eigenvalue weighted by Gasteiger charge is 2.20. The molecule has 0 saturated heterocycles. The van der Waals surface area contributed by atoms with Crippen molar-refractivity contribution < 1.29 is 22.7 Å². The Balaban J connectivity index is 1.81. The fourth-order valence-electron chi connectivity index (χ4n) is 3.38. The maximum absolute atomic E-state index is 13.0. The molecule has 0 aliphatic rings. The predicted molar refractivity (Wildman–Crippen MR) is 128 cm³/mol. The Morgan fingerprint density at radius 2 is 1.42 bits per heavy atom. The first-order valence-corrected chi connectivity index (χ1v) is 11.9. The van der Waals surface area contributed by atoms with Crippen LogP contribution >= 0.6 is 0 Å². The summed E-state index contributed by atoms with van der Waals surface area (Å²) in [6, 6.07) is 16.2. The number of hydrogen-bond donors (Lipinski definition) is 2. The van der Waals surface area contributed by atoms with Crippen LogP contribution in [-0.4, -0.2) is 26.9 Å². The largest absolute Gasteiger partial charge is 0.462 e. The minimum Gasteiger partial charge on any atom is -0.462 e. The molecule has 0 aromatic heterocycles. The maximum atomic E-state index is 13.0. The molecule has 0 fully saturated rings. The highest BCUT2D eigenvalue weighted by Crippen LogP contribution is 2.23. The van der Waals surface area contributed by atoms with Gasteiger partial charge in [0, 0.05) is 16.9 Å². The van der Waals surface area contributed by atoms with Crippen LogP contribution in [0.1, 0.15) is 44.3 Å². The summed E-state index contributed by atoms with van der Waals surface area (Å²) in [5.41, 5.74) is 3.88. The minimum atomic E-state index is -3.91. The highest BCUT2D eigenvalue weighted by atomic mass is 32.2. The van der Waals surface area contributed by atoms with Gasteiger partial charge in [-0.15, -0.1) is 0 Å². The number of benzene rings is 3. The van der Waals surface area contributed by atoms with Crippen LogP contribution in [0.3, 0.4) is 0 Å². The van der Waals surface area contributed by atoms with Gasteiger partial charge in [-0.1, -0.05) is 12.1 Å². The van der Waals surface area contributed by atoms with Gasteiger partial charge >= 0.3 is 5.97 Å². The van der Waals surface area contributed by atoms with Crippen LogP contribution in [0.2, 0.25) is 0 Å². The van der Waals surface area contributed by atoms with Crippen molar-refractivity contribution >= 4 is 33.3 Å². The molecular formula is C25H26N2O5S. The van der Waals surface area contributed by atoms with E-state index in [4.69, 9.17) is 4.74 Å². The van der Waals surface area contributed by atoms with E-state index in [1.807, 2.05) is 19.9 Å².